The molecule has 0 fully saturated rings. The zero-order chi connectivity index (χ0) is 16.7. The third-order valence-corrected chi connectivity index (χ3v) is 3.85. The number of hydrogen-bond acceptors (Lipinski definition) is 3. The standard InChI is InChI=1S/C19H24N2O2/c1-14(16-9-5-3-6-10-16)19(23)21-15(2)20-13-18(22)17-11-7-4-8-12-17/h3-12,14-15,18,20,22H,13H2,1-2H3,(H,21,23)/t14?,15-,18-/m0/s1. The smallest absolute Gasteiger partial charge is 0.228 e. The maximum absolute atomic E-state index is 12.3. The van der Waals surface area contributed by atoms with Crippen molar-refractivity contribution in [1.29, 1.82) is 0 Å². The van der Waals surface area contributed by atoms with Crippen LogP contribution in [-0.4, -0.2) is 23.7 Å². The van der Waals surface area contributed by atoms with E-state index < -0.39 is 6.10 Å². The molecule has 0 heterocycles. The molecule has 0 aliphatic heterocycles. The summed E-state index contributed by atoms with van der Waals surface area (Å²) in [6, 6.07) is 19.1. The molecule has 122 valence electrons. The van der Waals surface area contributed by atoms with Crippen LogP contribution in [0.25, 0.3) is 0 Å². The highest BCUT2D eigenvalue weighted by Gasteiger charge is 2.17. The first kappa shape index (κ1) is 17.2. The Morgan fingerprint density at radius 2 is 1.48 bits per heavy atom. The van der Waals surface area contributed by atoms with E-state index in [0.717, 1.165) is 11.1 Å². The molecule has 2 aromatic carbocycles. The van der Waals surface area contributed by atoms with Gasteiger partial charge in [0.15, 0.2) is 0 Å². The van der Waals surface area contributed by atoms with Crippen LogP contribution in [0.15, 0.2) is 60.7 Å². The number of aliphatic hydroxyl groups is 1. The summed E-state index contributed by atoms with van der Waals surface area (Å²) in [6.45, 7) is 4.13. The Labute approximate surface area is 137 Å². The van der Waals surface area contributed by atoms with Crippen molar-refractivity contribution in [2.24, 2.45) is 0 Å². The van der Waals surface area contributed by atoms with Crippen LogP contribution in [0.4, 0.5) is 0 Å². The molecule has 23 heavy (non-hydrogen) atoms. The summed E-state index contributed by atoms with van der Waals surface area (Å²) in [5.41, 5.74) is 1.85. The van der Waals surface area contributed by atoms with Gasteiger partial charge in [0.05, 0.1) is 18.2 Å². The number of amides is 1. The molecule has 2 rings (SSSR count). The molecule has 0 saturated carbocycles. The molecular weight excluding hydrogens is 288 g/mol. The van der Waals surface area contributed by atoms with Gasteiger partial charge in [-0.1, -0.05) is 60.7 Å². The van der Waals surface area contributed by atoms with Gasteiger partial charge in [-0.3, -0.25) is 10.1 Å². The van der Waals surface area contributed by atoms with Gasteiger partial charge in [-0.05, 0) is 25.0 Å². The molecule has 0 aliphatic carbocycles. The third kappa shape index (κ3) is 5.20. The number of aliphatic hydroxyl groups excluding tert-OH is 1. The van der Waals surface area contributed by atoms with Crippen LogP contribution >= 0.6 is 0 Å². The number of nitrogens with one attached hydrogen (secondary N) is 2. The SMILES string of the molecule is CC(C(=O)N[C@@H](C)NC[C@H](O)c1ccccc1)c1ccccc1. The maximum Gasteiger partial charge on any atom is 0.228 e. The molecule has 0 aromatic heterocycles. The van der Waals surface area contributed by atoms with Gasteiger partial charge in [0.2, 0.25) is 5.91 Å². The highest BCUT2D eigenvalue weighted by Crippen LogP contribution is 2.14. The number of benzene rings is 2. The van der Waals surface area contributed by atoms with Crippen molar-refractivity contribution < 1.29 is 9.90 Å². The summed E-state index contributed by atoms with van der Waals surface area (Å²) in [5.74, 6) is -0.245. The molecule has 2 aromatic rings. The van der Waals surface area contributed by atoms with E-state index in [1.807, 2.05) is 74.5 Å². The number of carbonyl (C=O) groups is 1. The van der Waals surface area contributed by atoms with Crippen LogP contribution in [-0.2, 0) is 4.79 Å². The molecule has 3 N–H and O–H groups in total. The van der Waals surface area contributed by atoms with Crippen molar-refractivity contribution in [3.05, 3.63) is 71.8 Å². The van der Waals surface area contributed by atoms with Gasteiger partial charge >= 0.3 is 0 Å². The van der Waals surface area contributed by atoms with E-state index in [1.54, 1.807) is 0 Å². The summed E-state index contributed by atoms with van der Waals surface area (Å²) in [7, 11) is 0. The lowest BCUT2D eigenvalue weighted by atomic mass is 10.0. The molecule has 4 heteroatoms. The molecule has 0 aliphatic rings. The summed E-state index contributed by atoms with van der Waals surface area (Å²) in [5, 5.41) is 16.2. The van der Waals surface area contributed by atoms with Crippen LogP contribution in [0.5, 0.6) is 0 Å². The van der Waals surface area contributed by atoms with Gasteiger partial charge in [-0.25, -0.2) is 0 Å². The van der Waals surface area contributed by atoms with Gasteiger partial charge in [0.1, 0.15) is 0 Å². The molecule has 0 bridgehead atoms. The molecule has 4 nitrogen and oxygen atoms in total. The number of hydrogen-bond donors (Lipinski definition) is 3. The number of rotatable bonds is 7. The van der Waals surface area contributed by atoms with Crippen LogP contribution < -0.4 is 10.6 Å². The van der Waals surface area contributed by atoms with Gasteiger partial charge < -0.3 is 10.4 Å². The second-order valence-electron chi connectivity index (χ2n) is 5.70. The fourth-order valence-corrected chi connectivity index (χ4v) is 2.36. The summed E-state index contributed by atoms with van der Waals surface area (Å²) in [6.07, 6.45) is -0.811. The van der Waals surface area contributed by atoms with Crippen molar-refractivity contribution in [3.63, 3.8) is 0 Å². The molecule has 3 atom stereocenters. The quantitative estimate of drug-likeness (QED) is 0.689. The predicted molar refractivity (Wildman–Crippen MR) is 91.9 cm³/mol. The molecule has 1 unspecified atom stereocenters. The van der Waals surface area contributed by atoms with E-state index in [2.05, 4.69) is 10.6 Å². The topological polar surface area (TPSA) is 61.4 Å². The van der Waals surface area contributed by atoms with Gasteiger partial charge in [0.25, 0.3) is 0 Å². The largest absolute Gasteiger partial charge is 0.387 e. The van der Waals surface area contributed by atoms with E-state index in [9.17, 15) is 9.90 Å². The lowest BCUT2D eigenvalue weighted by molar-refractivity contribution is -0.123. The Morgan fingerprint density at radius 1 is 0.957 bits per heavy atom. The molecule has 0 spiro atoms. The van der Waals surface area contributed by atoms with Crippen molar-refractivity contribution >= 4 is 5.91 Å². The Morgan fingerprint density at radius 3 is 2.04 bits per heavy atom. The Bertz CT molecular complexity index is 601. The van der Waals surface area contributed by atoms with Gasteiger partial charge in [0, 0.05) is 6.54 Å². The van der Waals surface area contributed by atoms with E-state index in [0.29, 0.717) is 6.54 Å². The second-order valence-corrected chi connectivity index (χ2v) is 5.70. The van der Waals surface area contributed by atoms with E-state index >= 15 is 0 Å². The zero-order valence-electron chi connectivity index (χ0n) is 13.6. The first-order valence-corrected chi connectivity index (χ1v) is 7.89. The Kier molecular flexibility index (Phi) is 6.32. The average molecular weight is 312 g/mol. The Balaban J connectivity index is 1.80. The monoisotopic (exact) mass is 312 g/mol. The zero-order valence-corrected chi connectivity index (χ0v) is 13.6. The average Bonchev–Trinajstić information content (AvgIpc) is 2.60. The van der Waals surface area contributed by atoms with Gasteiger partial charge in [-0.2, -0.15) is 0 Å². The molecule has 1 amide bonds. The molecule has 0 radical (unpaired) electrons. The molecule has 0 saturated heterocycles. The number of carbonyl (C=O) groups excluding carboxylic acids is 1. The summed E-state index contributed by atoms with van der Waals surface area (Å²) in [4.78, 5) is 12.3. The minimum absolute atomic E-state index is 0.0367. The minimum Gasteiger partial charge on any atom is -0.387 e. The van der Waals surface area contributed by atoms with Crippen molar-refractivity contribution in [1.82, 2.24) is 10.6 Å². The lowest BCUT2D eigenvalue weighted by Gasteiger charge is -2.21. The fourth-order valence-electron chi connectivity index (χ4n) is 2.36. The Hall–Kier alpha value is -2.17. The van der Waals surface area contributed by atoms with Crippen LogP contribution in [0.2, 0.25) is 0 Å². The van der Waals surface area contributed by atoms with Crippen LogP contribution in [0.1, 0.15) is 37.0 Å². The molecular formula is C19H24N2O2. The fraction of sp³-hybridized carbons (Fsp3) is 0.316. The first-order valence-electron chi connectivity index (χ1n) is 7.89. The lowest BCUT2D eigenvalue weighted by Crippen LogP contribution is -2.45. The highest BCUT2D eigenvalue weighted by molar-refractivity contribution is 5.83. The van der Waals surface area contributed by atoms with E-state index in [1.165, 1.54) is 0 Å². The van der Waals surface area contributed by atoms with Crippen molar-refractivity contribution in [2.75, 3.05) is 6.54 Å². The van der Waals surface area contributed by atoms with Gasteiger partial charge in [-0.15, -0.1) is 0 Å². The van der Waals surface area contributed by atoms with Crippen LogP contribution in [0.3, 0.4) is 0 Å². The third-order valence-electron chi connectivity index (χ3n) is 3.85. The minimum atomic E-state index is -0.595. The first-order chi connectivity index (χ1) is 11.1. The second kappa shape index (κ2) is 8.46. The highest BCUT2D eigenvalue weighted by atomic mass is 16.3. The normalized spacial score (nSPS) is 14.7. The predicted octanol–water partition coefficient (Wildman–Crippen LogP) is 2.58. The van der Waals surface area contributed by atoms with Crippen molar-refractivity contribution in [2.45, 2.75) is 32.0 Å². The van der Waals surface area contributed by atoms with E-state index in [-0.39, 0.29) is 18.0 Å². The van der Waals surface area contributed by atoms with Crippen LogP contribution in [0, 0.1) is 0 Å². The maximum atomic E-state index is 12.3. The summed E-state index contributed by atoms with van der Waals surface area (Å²) < 4.78 is 0. The van der Waals surface area contributed by atoms with Crippen molar-refractivity contribution in [3.8, 4) is 0 Å². The van der Waals surface area contributed by atoms with E-state index in [4.69, 9.17) is 0 Å². The summed E-state index contributed by atoms with van der Waals surface area (Å²) >= 11 is 0.